The molecule has 0 radical (unpaired) electrons. The third kappa shape index (κ3) is 21.0. The number of nitrogens with one attached hydrogen (secondary N) is 1. The van der Waals surface area contributed by atoms with E-state index in [4.69, 9.17) is 0 Å². The fourth-order valence-corrected chi connectivity index (χ4v) is 2.25. The van der Waals surface area contributed by atoms with Crippen LogP contribution in [0.15, 0.2) is 97.8 Å². The zero-order valence-corrected chi connectivity index (χ0v) is 24.7. The molecule has 0 aliphatic heterocycles. The number of hydrogen-bond donors (Lipinski definition) is 1. The number of rotatable bonds is 7. The van der Waals surface area contributed by atoms with Crippen molar-refractivity contribution in [2.24, 2.45) is 0 Å². The van der Waals surface area contributed by atoms with Gasteiger partial charge in [-0.3, -0.25) is 14.6 Å². The van der Waals surface area contributed by atoms with E-state index < -0.39 is 0 Å². The van der Waals surface area contributed by atoms with Crippen molar-refractivity contribution in [3.05, 3.63) is 134 Å². The first-order valence-corrected chi connectivity index (χ1v) is 11.3. The minimum absolute atomic E-state index is 0. The van der Waals surface area contributed by atoms with E-state index in [1.54, 1.807) is 24.5 Å². The van der Waals surface area contributed by atoms with Crippen molar-refractivity contribution >= 4 is 11.7 Å². The Balaban J connectivity index is 0. The van der Waals surface area contributed by atoms with Gasteiger partial charge in [-0.2, -0.15) is 12.8 Å². The summed E-state index contributed by atoms with van der Waals surface area (Å²) in [5.74, 6) is -0.0530. The van der Waals surface area contributed by atoms with Gasteiger partial charge in [0.15, 0.2) is 5.78 Å². The molecule has 0 fully saturated rings. The second kappa shape index (κ2) is 25.1. The van der Waals surface area contributed by atoms with Gasteiger partial charge in [0.2, 0.25) is 5.91 Å². The van der Waals surface area contributed by atoms with Crippen molar-refractivity contribution in [1.82, 2.24) is 10.3 Å². The van der Waals surface area contributed by atoms with Crippen LogP contribution in [-0.4, -0.2) is 23.2 Å². The van der Waals surface area contributed by atoms with Gasteiger partial charge in [-0.1, -0.05) is 56.8 Å². The molecule has 182 valence electrons. The minimum atomic E-state index is -0.111. The summed E-state index contributed by atoms with van der Waals surface area (Å²) in [4.78, 5) is 24.8. The number of nitrogens with zero attached hydrogens (tertiary/aromatic N) is 1. The van der Waals surface area contributed by atoms with Crippen molar-refractivity contribution in [2.45, 2.75) is 33.6 Å². The Kier molecular flexibility index (Phi) is 25.2. The number of hydrogen-bond acceptors (Lipinski definition) is 3. The molecule has 4 nitrogen and oxygen atoms in total. The molecule has 2 aromatic carbocycles. The fraction of sp³-hybridized carbons (Fsp3) is 0.200. The van der Waals surface area contributed by atoms with E-state index in [-0.39, 0.29) is 63.1 Å². The van der Waals surface area contributed by atoms with Crippen LogP contribution in [0.4, 0.5) is 0 Å². The summed E-state index contributed by atoms with van der Waals surface area (Å²) in [6.45, 7) is 13.0. The Morgan fingerprint density at radius 1 is 0.971 bits per heavy atom. The molecule has 0 saturated heterocycles. The number of amides is 1. The van der Waals surface area contributed by atoms with Crippen LogP contribution in [-0.2, 0) is 4.79 Å². The normalized spacial score (nSPS) is 8.57. The van der Waals surface area contributed by atoms with Gasteiger partial charge in [0.25, 0.3) is 0 Å². The first-order valence-electron chi connectivity index (χ1n) is 11.3. The zero-order chi connectivity index (χ0) is 25.4. The van der Waals surface area contributed by atoms with E-state index >= 15 is 0 Å². The van der Waals surface area contributed by atoms with Gasteiger partial charge in [-0.25, -0.2) is 0 Å². The summed E-state index contributed by atoms with van der Waals surface area (Å²) in [6.07, 6.45) is 10.6. The Hall–Kier alpha value is -2.02. The molecule has 1 N–H and O–H groups in total. The van der Waals surface area contributed by atoms with E-state index in [0.717, 1.165) is 12.8 Å². The number of carbonyl (C=O) groups is 2. The van der Waals surface area contributed by atoms with E-state index in [2.05, 4.69) is 78.8 Å². The molecule has 1 heterocycles. The average Bonchev–Trinajstić information content (AvgIpc) is 2.87. The summed E-state index contributed by atoms with van der Waals surface area (Å²) in [6, 6.07) is 24.2. The van der Waals surface area contributed by atoms with Crippen molar-refractivity contribution in [1.29, 1.82) is 0 Å². The van der Waals surface area contributed by atoms with Crippen LogP contribution in [0.1, 0.15) is 55.1 Å². The zero-order valence-electron chi connectivity index (χ0n) is 21.6. The largest absolute Gasteiger partial charge is 1.00 e. The number of ketones is 1. The molecule has 0 aliphatic rings. The smallest absolute Gasteiger partial charge is 0.382 e. The maximum Gasteiger partial charge on any atom is 1.00 e. The standard InChI is InChI=1S/C13H11.C7H7NO.C7H12NO.C3H7.K/c1-3-7-12(8-4-1)11-13-9-5-2-6-10-13;1-6(9)7-3-2-4-8-5-7;1-3-5-6-8-7(9)4-2;1-3-2;/h1-11H;2-5H,1H3;4-5H,2-3,6H2,1H3,(H,8,9);1,3H2,2H3;/q-1;;2*-1;+1. The SMILES string of the molecule is C=CC(=O)NC[CH-]CC.CC(=O)c1cccnc1.[CH2-]CC.[K+].c1ccc([CH-]c2ccccc2)cc1. The van der Waals surface area contributed by atoms with Gasteiger partial charge < -0.3 is 18.7 Å². The number of pyridine rings is 1. The average molecular weight is 497 g/mol. The van der Waals surface area contributed by atoms with Crippen LogP contribution in [0.5, 0.6) is 0 Å². The maximum atomic E-state index is 10.6. The molecule has 0 spiro atoms. The fourth-order valence-electron chi connectivity index (χ4n) is 2.25. The van der Waals surface area contributed by atoms with E-state index in [1.807, 2.05) is 32.4 Å². The molecule has 0 atom stereocenters. The Morgan fingerprint density at radius 2 is 1.49 bits per heavy atom. The van der Waals surface area contributed by atoms with Crippen molar-refractivity contribution in [3.8, 4) is 0 Å². The summed E-state index contributed by atoms with van der Waals surface area (Å²) in [5.41, 5.74) is 3.15. The number of carbonyl (C=O) groups excluding carboxylic acids is 2. The topological polar surface area (TPSA) is 59.1 Å². The molecule has 0 unspecified atom stereocenters. The maximum absolute atomic E-state index is 10.6. The molecule has 0 bridgehead atoms. The van der Waals surface area contributed by atoms with Gasteiger partial charge in [0.1, 0.15) is 0 Å². The third-order valence-corrected chi connectivity index (χ3v) is 3.90. The molecule has 0 saturated carbocycles. The van der Waals surface area contributed by atoms with E-state index in [1.165, 1.54) is 24.1 Å². The second-order valence-electron chi connectivity index (χ2n) is 6.91. The van der Waals surface area contributed by atoms with Crippen molar-refractivity contribution < 1.29 is 61.0 Å². The summed E-state index contributed by atoms with van der Waals surface area (Å²) >= 11 is 0. The molecular formula is C30H37KN2O2-2. The van der Waals surface area contributed by atoms with Crippen molar-refractivity contribution in [2.75, 3.05) is 6.54 Å². The van der Waals surface area contributed by atoms with Gasteiger partial charge in [0, 0.05) is 18.0 Å². The molecule has 3 rings (SSSR count). The molecule has 5 heteroatoms. The first-order chi connectivity index (χ1) is 16.5. The number of Topliss-reactive ketones (excluding diaryl/α,β-unsaturated/α-hetero) is 1. The molecule has 35 heavy (non-hydrogen) atoms. The quantitative estimate of drug-likeness (QED) is 0.178. The summed E-state index contributed by atoms with van der Waals surface area (Å²) in [7, 11) is 0. The van der Waals surface area contributed by atoms with Crippen LogP contribution in [0.3, 0.4) is 0 Å². The van der Waals surface area contributed by atoms with E-state index in [9.17, 15) is 9.59 Å². The number of aromatic nitrogens is 1. The van der Waals surface area contributed by atoms with Gasteiger partial charge >= 0.3 is 51.4 Å². The summed E-state index contributed by atoms with van der Waals surface area (Å²) < 4.78 is 0. The number of benzene rings is 2. The molecular weight excluding hydrogens is 459 g/mol. The molecule has 1 aromatic heterocycles. The van der Waals surface area contributed by atoms with Gasteiger partial charge in [-0.05, 0) is 25.1 Å². The summed E-state index contributed by atoms with van der Waals surface area (Å²) in [5, 5.41) is 2.62. The minimum Gasteiger partial charge on any atom is -0.382 e. The Labute approximate surface area is 255 Å². The number of unbranched alkanes of at least 4 members (excludes halogenated alkanes) is 1. The molecule has 3 aromatic rings. The van der Waals surface area contributed by atoms with Crippen molar-refractivity contribution in [3.63, 3.8) is 0 Å². The van der Waals surface area contributed by atoms with E-state index in [0.29, 0.717) is 12.1 Å². The van der Waals surface area contributed by atoms with Gasteiger partial charge in [0.05, 0.1) is 0 Å². The van der Waals surface area contributed by atoms with Crippen LogP contribution in [0.2, 0.25) is 0 Å². The Morgan fingerprint density at radius 3 is 1.83 bits per heavy atom. The third-order valence-electron chi connectivity index (χ3n) is 3.90. The van der Waals surface area contributed by atoms with Crippen LogP contribution in [0.25, 0.3) is 0 Å². The van der Waals surface area contributed by atoms with Crippen LogP contribution >= 0.6 is 0 Å². The van der Waals surface area contributed by atoms with Gasteiger partial charge in [-0.15, -0.1) is 48.4 Å². The predicted molar refractivity (Wildman–Crippen MR) is 143 cm³/mol. The van der Waals surface area contributed by atoms with Crippen LogP contribution < -0.4 is 56.7 Å². The Bertz CT molecular complexity index is 864. The predicted octanol–water partition coefficient (Wildman–Crippen LogP) is 3.71. The van der Waals surface area contributed by atoms with Crippen LogP contribution in [0, 0.1) is 19.8 Å². The molecule has 1 amide bonds. The first kappa shape index (κ1) is 35.1. The monoisotopic (exact) mass is 496 g/mol. The molecule has 0 aliphatic carbocycles. The second-order valence-corrected chi connectivity index (χ2v) is 6.91.